The molecule has 0 aliphatic heterocycles. The number of aryl methyl sites for hydroxylation is 2. The van der Waals surface area contributed by atoms with E-state index in [1.807, 2.05) is 75.4 Å². The second-order valence-corrected chi connectivity index (χ2v) is 11.9. The van der Waals surface area contributed by atoms with Gasteiger partial charge in [-0.3, -0.25) is 4.57 Å². The number of carbonyl (C=O) groups is 1. The minimum Gasteiger partial charge on any atom is -0.478 e. The SMILES string of the molecule is CC/C(=C\C(NP(=O)(OCc1cc2ccccc2o1)c1ccc(C)cc1C)=C(/C)C(=O)O)c1ccc(Cl)cc1. The van der Waals surface area contributed by atoms with Crippen LogP contribution < -0.4 is 10.4 Å². The molecule has 39 heavy (non-hydrogen) atoms. The number of hydrogen-bond acceptors (Lipinski definition) is 4. The Morgan fingerprint density at radius 2 is 1.79 bits per heavy atom. The minimum atomic E-state index is -3.85. The molecule has 0 amide bonds. The predicted octanol–water partition coefficient (Wildman–Crippen LogP) is 8.18. The zero-order valence-electron chi connectivity index (χ0n) is 22.3. The van der Waals surface area contributed by atoms with Crippen molar-refractivity contribution in [2.45, 2.75) is 40.7 Å². The molecule has 0 radical (unpaired) electrons. The molecule has 0 spiro atoms. The number of nitrogens with one attached hydrogen (secondary N) is 1. The first kappa shape index (κ1) is 28.4. The Morgan fingerprint density at radius 1 is 1.08 bits per heavy atom. The van der Waals surface area contributed by atoms with Crippen molar-refractivity contribution in [3.63, 3.8) is 0 Å². The third-order valence-electron chi connectivity index (χ3n) is 6.44. The van der Waals surface area contributed by atoms with Gasteiger partial charge < -0.3 is 19.1 Å². The van der Waals surface area contributed by atoms with Gasteiger partial charge in [0.15, 0.2) is 0 Å². The van der Waals surface area contributed by atoms with Crippen molar-refractivity contribution in [3.8, 4) is 0 Å². The van der Waals surface area contributed by atoms with Crippen LogP contribution in [-0.2, 0) is 20.5 Å². The lowest BCUT2D eigenvalue weighted by Crippen LogP contribution is -2.24. The van der Waals surface area contributed by atoms with Crippen LogP contribution in [0.5, 0.6) is 0 Å². The third-order valence-corrected chi connectivity index (χ3v) is 8.86. The number of allylic oxidation sites excluding steroid dienone is 2. The van der Waals surface area contributed by atoms with Crippen molar-refractivity contribution in [1.82, 2.24) is 5.09 Å². The molecule has 0 aliphatic carbocycles. The number of benzene rings is 3. The van der Waals surface area contributed by atoms with Crippen molar-refractivity contribution >= 4 is 46.9 Å². The van der Waals surface area contributed by atoms with E-state index in [2.05, 4.69) is 5.09 Å². The lowest BCUT2D eigenvalue weighted by Gasteiger charge is -2.24. The first-order valence-corrected chi connectivity index (χ1v) is 14.6. The van der Waals surface area contributed by atoms with Gasteiger partial charge in [0.2, 0.25) is 0 Å². The number of rotatable bonds is 10. The van der Waals surface area contributed by atoms with Gasteiger partial charge in [0.1, 0.15) is 18.0 Å². The molecule has 0 bridgehead atoms. The van der Waals surface area contributed by atoms with Crippen LogP contribution in [0.4, 0.5) is 0 Å². The average Bonchev–Trinajstić information content (AvgIpc) is 3.33. The van der Waals surface area contributed by atoms with E-state index in [9.17, 15) is 14.5 Å². The predicted molar refractivity (Wildman–Crippen MR) is 157 cm³/mol. The molecular formula is C31H31ClNO5P. The highest BCUT2D eigenvalue weighted by Gasteiger charge is 2.31. The molecule has 1 aromatic heterocycles. The molecule has 4 aromatic rings. The summed E-state index contributed by atoms with van der Waals surface area (Å²) in [6.45, 7) is 7.17. The standard InChI is InChI=1S/C31H31ClNO5P/c1-5-23(24-11-13-26(32)14-12-24)18-28(22(4)31(34)35)33-39(36,30-15-10-20(2)16-21(30)3)37-19-27-17-25-8-6-7-9-29(25)38-27/h6-18H,5,19H2,1-4H3,(H,33,36)(H,34,35)/b23-18+,28-22-. The maximum atomic E-state index is 14.7. The van der Waals surface area contributed by atoms with Gasteiger partial charge in [0, 0.05) is 10.4 Å². The zero-order chi connectivity index (χ0) is 28.2. The molecule has 0 saturated heterocycles. The molecule has 202 valence electrons. The van der Waals surface area contributed by atoms with E-state index in [1.165, 1.54) is 6.92 Å². The van der Waals surface area contributed by atoms with Crippen molar-refractivity contribution in [3.05, 3.63) is 118 Å². The summed E-state index contributed by atoms with van der Waals surface area (Å²) >= 11 is 6.07. The third kappa shape index (κ3) is 6.72. The van der Waals surface area contributed by atoms with Crippen LogP contribution in [0.3, 0.4) is 0 Å². The Hall–Kier alpha value is -3.57. The van der Waals surface area contributed by atoms with Crippen LogP contribution >= 0.6 is 19.1 Å². The van der Waals surface area contributed by atoms with E-state index in [1.54, 1.807) is 24.3 Å². The molecule has 8 heteroatoms. The number of fused-ring (bicyclic) bond motifs is 1. The van der Waals surface area contributed by atoms with Gasteiger partial charge in [0.05, 0.1) is 16.6 Å². The van der Waals surface area contributed by atoms with Crippen LogP contribution in [0, 0.1) is 13.8 Å². The van der Waals surface area contributed by atoms with E-state index in [0.717, 1.165) is 27.6 Å². The maximum absolute atomic E-state index is 14.7. The fraction of sp³-hybridized carbons (Fsp3) is 0.194. The second-order valence-electron chi connectivity index (χ2n) is 9.35. The molecule has 1 atom stereocenters. The van der Waals surface area contributed by atoms with E-state index < -0.39 is 13.5 Å². The molecule has 2 N–H and O–H groups in total. The molecule has 0 fully saturated rings. The number of halogens is 1. The smallest absolute Gasteiger partial charge is 0.333 e. The molecule has 0 aliphatic rings. The Balaban J connectivity index is 1.78. The van der Waals surface area contributed by atoms with Crippen LogP contribution in [0.15, 0.2) is 94.6 Å². The van der Waals surface area contributed by atoms with Gasteiger partial charge in [-0.1, -0.05) is 66.6 Å². The van der Waals surface area contributed by atoms with Crippen LogP contribution in [0.2, 0.25) is 5.02 Å². The highest BCUT2D eigenvalue weighted by atomic mass is 35.5. The average molecular weight is 564 g/mol. The van der Waals surface area contributed by atoms with Crippen molar-refractivity contribution in [2.24, 2.45) is 0 Å². The highest BCUT2D eigenvalue weighted by Crippen LogP contribution is 2.45. The number of aliphatic carboxylic acids is 1. The van der Waals surface area contributed by atoms with Crippen LogP contribution in [-0.4, -0.2) is 11.1 Å². The van der Waals surface area contributed by atoms with Gasteiger partial charge in [-0.25, -0.2) is 4.79 Å². The monoisotopic (exact) mass is 563 g/mol. The Kier molecular flexibility index (Phi) is 8.81. The summed E-state index contributed by atoms with van der Waals surface area (Å²) in [7, 11) is -3.85. The quantitative estimate of drug-likeness (QED) is 0.115. The Labute approximate surface area is 233 Å². The summed E-state index contributed by atoms with van der Waals surface area (Å²) in [5, 5.41) is 14.9. The summed E-state index contributed by atoms with van der Waals surface area (Å²) in [5.41, 5.74) is 4.40. The summed E-state index contributed by atoms with van der Waals surface area (Å²) in [4.78, 5) is 12.1. The largest absolute Gasteiger partial charge is 0.478 e. The number of carboxylic acid groups (broad SMARTS) is 1. The highest BCUT2D eigenvalue weighted by molar-refractivity contribution is 7.65. The molecule has 3 aromatic carbocycles. The van der Waals surface area contributed by atoms with Gasteiger partial charge in [0.25, 0.3) is 0 Å². The van der Waals surface area contributed by atoms with E-state index in [4.69, 9.17) is 20.5 Å². The molecule has 4 rings (SSSR count). The Morgan fingerprint density at radius 3 is 2.44 bits per heavy atom. The van der Waals surface area contributed by atoms with Gasteiger partial charge in [-0.2, -0.15) is 0 Å². The fourth-order valence-electron chi connectivity index (χ4n) is 4.29. The van der Waals surface area contributed by atoms with E-state index in [-0.39, 0.29) is 17.9 Å². The second kappa shape index (κ2) is 12.1. The van der Waals surface area contributed by atoms with E-state index in [0.29, 0.717) is 28.1 Å². The number of furan rings is 1. The number of para-hydroxylation sites is 1. The van der Waals surface area contributed by atoms with Crippen LogP contribution in [0.1, 0.15) is 42.7 Å². The summed E-state index contributed by atoms with van der Waals surface area (Å²) < 4.78 is 26.7. The number of carboxylic acids is 1. The summed E-state index contributed by atoms with van der Waals surface area (Å²) in [6.07, 6.45) is 2.32. The first-order chi connectivity index (χ1) is 18.6. The van der Waals surface area contributed by atoms with Crippen LogP contribution in [0.25, 0.3) is 16.5 Å². The molecular weight excluding hydrogens is 533 g/mol. The lowest BCUT2D eigenvalue weighted by molar-refractivity contribution is -0.132. The van der Waals surface area contributed by atoms with Crippen molar-refractivity contribution < 1.29 is 23.4 Å². The lowest BCUT2D eigenvalue weighted by atomic mass is 10.0. The number of hydrogen-bond donors (Lipinski definition) is 2. The van der Waals surface area contributed by atoms with Crippen molar-refractivity contribution in [1.29, 1.82) is 0 Å². The summed E-state index contributed by atoms with van der Waals surface area (Å²) in [6, 6.07) is 22.2. The zero-order valence-corrected chi connectivity index (χ0v) is 24.0. The normalized spacial score (nSPS) is 14.1. The van der Waals surface area contributed by atoms with Gasteiger partial charge >= 0.3 is 13.5 Å². The van der Waals surface area contributed by atoms with Crippen molar-refractivity contribution in [2.75, 3.05) is 0 Å². The topological polar surface area (TPSA) is 88.8 Å². The first-order valence-electron chi connectivity index (χ1n) is 12.6. The van der Waals surface area contributed by atoms with Gasteiger partial charge in [-0.15, -0.1) is 0 Å². The minimum absolute atomic E-state index is 0.00670. The molecule has 6 nitrogen and oxygen atoms in total. The van der Waals surface area contributed by atoms with Gasteiger partial charge in [-0.05, 0) is 80.3 Å². The van der Waals surface area contributed by atoms with E-state index >= 15 is 0 Å². The maximum Gasteiger partial charge on any atom is 0.333 e. The Bertz CT molecular complexity index is 1580. The summed E-state index contributed by atoms with van der Waals surface area (Å²) in [5.74, 6) is -0.626. The molecule has 1 heterocycles. The fourth-order valence-corrected chi connectivity index (χ4v) is 6.39. The molecule has 0 saturated carbocycles. The molecule has 1 unspecified atom stereocenters.